The lowest BCUT2D eigenvalue weighted by atomic mass is 9.48. The van der Waals surface area contributed by atoms with E-state index in [9.17, 15) is 10.1 Å². The van der Waals surface area contributed by atoms with Gasteiger partial charge in [-0.2, -0.15) is 5.26 Å². The van der Waals surface area contributed by atoms with Gasteiger partial charge in [0.1, 0.15) is 0 Å². The zero-order valence-corrected chi connectivity index (χ0v) is 15.7. The number of hydrogen-bond donors (Lipinski definition) is 0. The number of hydrogen-bond acceptors (Lipinski definition) is 3. The Morgan fingerprint density at radius 3 is 2.76 bits per heavy atom. The summed E-state index contributed by atoms with van der Waals surface area (Å²) >= 11 is 0. The summed E-state index contributed by atoms with van der Waals surface area (Å²) in [5.41, 5.74) is 2.67. The molecule has 0 bridgehead atoms. The molecule has 0 aromatic carbocycles. The molecule has 0 aromatic heterocycles. The summed E-state index contributed by atoms with van der Waals surface area (Å²) < 4.78 is 5.12. The van der Waals surface area contributed by atoms with Gasteiger partial charge in [0.15, 0.2) is 0 Å². The SMILES string of the molecule is COC(=O)[C@H]1CC[C@H]2[C@@H]3CC=C4C=C(C#N)CC[C@]4(C)[C@H]3CC[C@]12C. The fourth-order valence-corrected chi connectivity index (χ4v) is 6.94. The largest absolute Gasteiger partial charge is 0.469 e. The maximum atomic E-state index is 12.3. The van der Waals surface area contributed by atoms with Gasteiger partial charge in [-0.05, 0) is 85.2 Å². The van der Waals surface area contributed by atoms with Crippen LogP contribution in [0.25, 0.3) is 0 Å². The molecule has 0 aliphatic heterocycles. The molecular weight excluding hydrogens is 310 g/mol. The number of methoxy groups -OCH3 is 1. The molecule has 4 aliphatic rings. The summed E-state index contributed by atoms with van der Waals surface area (Å²) in [6.45, 7) is 4.77. The molecule has 0 saturated heterocycles. The van der Waals surface area contributed by atoms with E-state index in [0.717, 1.165) is 44.1 Å². The fraction of sp³-hybridized carbons (Fsp3) is 0.727. The van der Waals surface area contributed by atoms with E-state index in [1.165, 1.54) is 19.1 Å². The maximum absolute atomic E-state index is 12.3. The molecule has 6 atom stereocenters. The third-order valence-electron chi connectivity index (χ3n) is 8.40. The van der Waals surface area contributed by atoms with E-state index in [0.29, 0.717) is 17.8 Å². The average Bonchev–Trinajstić information content (AvgIpc) is 2.97. The number of nitrogens with zero attached hydrogens (tertiary/aromatic N) is 1. The van der Waals surface area contributed by atoms with Crippen LogP contribution in [0.5, 0.6) is 0 Å². The number of fused-ring (bicyclic) bond motifs is 5. The number of carbonyl (C=O) groups is 1. The number of ether oxygens (including phenoxy) is 1. The second-order valence-electron chi connectivity index (χ2n) is 9.17. The molecule has 0 aromatic rings. The number of allylic oxidation sites excluding steroid dienone is 4. The summed E-state index contributed by atoms with van der Waals surface area (Å²) in [5.74, 6) is 2.09. The third-order valence-corrected chi connectivity index (χ3v) is 8.40. The highest BCUT2D eigenvalue weighted by Crippen LogP contribution is 2.66. The van der Waals surface area contributed by atoms with Crippen LogP contribution in [0.1, 0.15) is 58.8 Å². The smallest absolute Gasteiger partial charge is 0.309 e. The minimum atomic E-state index is 0.000893. The van der Waals surface area contributed by atoms with Crippen molar-refractivity contribution in [2.45, 2.75) is 58.8 Å². The first-order valence-electron chi connectivity index (χ1n) is 9.83. The Hall–Kier alpha value is -1.56. The molecular formula is C22H29NO2. The van der Waals surface area contributed by atoms with E-state index in [2.05, 4.69) is 32.1 Å². The Labute approximate surface area is 151 Å². The fourth-order valence-electron chi connectivity index (χ4n) is 6.94. The Morgan fingerprint density at radius 1 is 1.24 bits per heavy atom. The third kappa shape index (κ3) is 2.26. The molecule has 0 amide bonds. The summed E-state index contributed by atoms with van der Waals surface area (Å²) in [5, 5.41) is 9.27. The Bertz CT molecular complexity index is 699. The van der Waals surface area contributed by atoms with Gasteiger partial charge in [0, 0.05) is 5.57 Å². The van der Waals surface area contributed by atoms with E-state index >= 15 is 0 Å². The van der Waals surface area contributed by atoms with Gasteiger partial charge in [-0.15, -0.1) is 0 Å². The zero-order valence-electron chi connectivity index (χ0n) is 15.7. The molecule has 0 unspecified atom stereocenters. The summed E-state index contributed by atoms with van der Waals surface area (Å²) in [4.78, 5) is 12.3. The Morgan fingerprint density at radius 2 is 2.04 bits per heavy atom. The molecule has 134 valence electrons. The van der Waals surface area contributed by atoms with Crippen molar-refractivity contribution >= 4 is 5.97 Å². The van der Waals surface area contributed by atoms with Crippen LogP contribution in [0.3, 0.4) is 0 Å². The van der Waals surface area contributed by atoms with Gasteiger partial charge < -0.3 is 4.74 Å². The molecule has 3 nitrogen and oxygen atoms in total. The van der Waals surface area contributed by atoms with E-state index in [-0.39, 0.29) is 22.7 Å². The molecule has 0 spiro atoms. The van der Waals surface area contributed by atoms with Gasteiger partial charge in [-0.3, -0.25) is 4.79 Å². The van der Waals surface area contributed by atoms with Crippen LogP contribution in [0.4, 0.5) is 0 Å². The molecule has 4 aliphatic carbocycles. The van der Waals surface area contributed by atoms with Crippen molar-refractivity contribution in [3.63, 3.8) is 0 Å². The van der Waals surface area contributed by atoms with E-state index in [1.54, 1.807) is 0 Å². The lowest BCUT2D eigenvalue weighted by Gasteiger charge is -2.56. The predicted octanol–water partition coefficient (Wildman–Crippen LogP) is 4.80. The molecule has 25 heavy (non-hydrogen) atoms. The first-order valence-corrected chi connectivity index (χ1v) is 9.83. The number of esters is 1. The molecule has 0 radical (unpaired) electrons. The minimum Gasteiger partial charge on any atom is -0.469 e. The van der Waals surface area contributed by atoms with Crippen LogP contribution in [-0.4, -0.2) is 13.1 Å². The first-order chi connectivity index (χ1) is 11.9. The Kier molecular flexibility index (Phi) is 3.87. The number of rotatable bonds is 1. The van der Waals surface area contributed by atoms with Gasteiger partial charge in [-0.25, -0.2) is 0 Å². The monoisotopic (exact) mass is 339 g/mol. The lowest BCUT2D eigenvalue weighted by molar-refractivity contribution is -0.152. The van der Waals surface area contributed by atoms with Crippen molar-refractivity contribution in [1.82, 2.24) is 0 Å². The number of nitriles is 1. The predicted molar refractivity (Wildman–Crippen MR) is 96.3 cm³/mol. The van der Waals surface area contributed by atoms with E-state index < -0.39 is 0 Å². The lowest BCUT2D eigenvalue weighted by Crippen LogP contribution is -2.50. The van der Waals surface area contributed by atoms with Crippen LogP contribution >= 0.6 is 0 Å². The second kappa shape index (κ2) is 5.73. The topological polar surface area (TPSA) is 50.1 Å². The van der Waals surface area contributed by atoms with Crippen molar-refractivity contribution in [2.75, 3.05) is 7.11 Å². The van der Waals surface area contributed by atoms with Crippen LogP contribution in [-0.2, 0) is 9.53 Å². The number of carbonyl (C=O) groups excluding carboxylic acids is 1. The maximum Gasteiger partial charge on any atom is 0.309 e. The molecule has 0 heterocycles. The molecule has 0 N–H and O–H groups in total. The van der Waals surface area contributed by atoms with E-state index in [4.69, 9.17) is 4.74 Å². The second-order valence-corrected chi connectivity index (χ2v) is 9.17. The first kappa shape index (κ1) is 16.9. The highest BCUT2D eigenvalue weighted by atomic mass is 16.5. The van der Waals surface area contributed by atoms with Crippen molar-refractivity contribution in [3.05, 3.63) is 23.3 Å². The van der Waals surface area contributed by atoms with Crippen molar-refractivity contribution < 1.29 is 9.53 Å². The zero-order chi connectivity index (χ0) is 17.8. The summed E-state index contributed by atoms with van der Waals surface area (Å²) in [6.07, 6.45) is 12.2. The van der Waals surface area contributed by atoms with Crippen LogP contribution in [0.2, 0.25) is 0 Å². The average molecular weight is 339 g/mol. The van der Waals surface area contributed by atoms with Crippen molar-refractivity contribution in [2.24, 2.45) is 34.5 Å². The highest BCUT2D eigenvalue weighted by Gasteiger charge is 2.59. The quantitative estimate of drug-likeness (QED) is 0.645. The van der Waals surface area contributed by atoms with Crippen LogP contribution in [0.15, 0.2) is 23.3 Å². The molecule has 2 saturated carbocycles. The van der Waals surface area contributed by atoms with Gasteiger partial charge in [-0.1, -0.05) is 19.9 Å². The minimum absolute atomic E-state index is 0.000893. The Balaban J connectivity index is 1.67. The van der Waals surface area contributed by atoms with Crippen LogP contribution in [0, 0.1) is 45.8 Å². The van der Waals surface area contributed by atoms with Crippen molar-refractivity contribution in [1.29, 1.82) is 5.26 Å². The molecule has 2 fully saturated rings. The van der Waals surface area contributed by atoms with Gasteiger partial charge >= 0.3 is 5.97 Å². The summed E-state index contributed by atoms with van der Waals surface area (Å²) in [7, 11) is 1.53. The van der Waals surface area contributed by atoms with Crippen molar-refractivity contribution in [3.8, 4) is 6.07 Å². The van der Waals surface area contributed by atoms with Gasteiger partial charge in [0.05, 0.1) is 19.1 Å². The van der Waals surface area contributed by atoms with Gasteiger partial charge in [0.2, 0.25) is 0 Å². The normalized spacial score (nSPS) is 45.2. The molecule has 4 rings (SSSR count). The summed E-state index contributed by atoms with van der Waals surface area (Å²) in [6, 6.07) is 2.36. The van der Waals surface area contributed by atoms with Crippen LogP contribution < -0.4 is 0 Å². The van der Waals surface area contributed by atoms with Gasteiger partial charge in [0.25, 0.3) is 0 Å². The highest BCUT2D eigenvalue weighted by molar-refractivity contribution is 5.73. The molecule has 3 heteroatoms. The van der Waals surface area contributed by atoms with E-state index in [1.807, 2.05) is 0 Å². The standard InChI is InChI=1S/C22H29NO2/c1-21-10-8-14(13-23)12-15(21)4-5-16-17-6-7-19(20(24)25-3)22(17,2)11-9-18(16)21/h4,12,16-19H,5-11H2,1-3H3/t16-,17-,18-,19+,21-,22-/m0/s1.